The molecule has 0 rings (SSSR count). The molecule has 0 aliphatic heterocycles. The van der Waals surface area contributed by atoms with Crippen LogP contribution < -0.4 is 5.73 Å². The van der Waals surface area contributed by atoms with E-state index in [2.05, 4.69) is 0 Å². The molecule has 4 heteroatoms. The molecule has 0 spiro atoms. The van der Waals surface area contributed by atoms with Crippen LogP contribution in [0.25, 0.3) is 0 Å². The van der Waals surface area contributed by atoms with Gasteiger partial charge in [0, 0.05) is 6.54 Å². The topological polar surface area (TPSA) is 72.5 Å². The van der Waals surface area contributed by atoms with Gasteiger partial charge >= 0.3 is 5.97 Å². The van der Waals surface area contributed by atoms with E-state index in [0.29, 0.717) is 0 Å². The van der Waals surface area contributed by atoms with E-state index in [-0.39, 0.29) is 19.3 Å². The molecule has 3 N–H and O–H groups in total. The number of carbonyl (C=O) groups is 1. The number of hydrogen-bond acceptors (Lipinski definition) is 3. The highest BCUT2D eigenvalue weighted by Gasteiger charge is 2.15. The molecule has 0 amide bonds. The fourth-order valence-corrected chi connectivity index (χ4v) is 0.549. The summed E-state index contributed by atoms with van der Waals surface area (Å²) in [7, 11) is 0. The molecule has 0 saturated carbocycles. The molecule has 0 fully saturated rings. The number of hydrogen-bond donors (Lipinski definition) is 2. The van der Waals surface area contributed by atoms with Gasteiger partial charge in [0.05, 0.1) is 18.6 Å². The molecule has 0 bridgehead atoms. The molecule has 1 unspecified atom stereocenters. The summed E-state index contributed by atoms with van der Waals surface area (Å²) in [6.07, 6.45) is 0.0587. The van der Waals surface area contributed by atoms with Gasteiger partial charge in [-0.1, -0.05) is 0 Å². The quantitative estimate of drug-likeness (QED) is 0.598. The molecule has 0 saturated heterocycles. The predicted octanol–water partition coefficient (Wildman–Crippen LogP) is 0.0709. The van der Waals surface area contributed by atoms with Gasteiger partial charge in [0.25, 0.3) is 0 Å². The first-order valence-corrected chi connectivity index (χ1v) is 3.62. The molecule has 0 aliphatic carbocycles. The summed E-state index contributed by atoms with van der Waals surface area (Å²) in [4.78, 5) is 10.4. The summed E-state index contributed by atoms with van der Waals surface area (Å²) < 4.78 is 5.10. The van der Waals surface area contributed by atoms with Crippen molar-refractivity contribution in [2.45, 2.75) is 20.0 Å². The third kappa shape index (κ3) is 4.75. The minimum Gasteiger partial charge on any atom is -0.481 e. The van der Waals surface area contributed by atoms with Crippen molar-refractivity contribution in [1.82, 2.24) is 0 Å². The van der Waals surface area contributed by atoms with Crippen LogP contribution in [-0.2, 0) is 9.53 Å². The number of ether oxygens (including phenoxy) is 1. The number of carboxylic acid groups (broad SMARTS) is 1. The van der Waals surface area contributed by atoms with Gasteiger partial charge in [0.15, 0.2) is 0 Å². The predicted molar refractivity (Wildman–Crippen MR) is 41.3 cm³/mol. The normalized spacial score (nSPS) is 13.5. The van der Waals surface area contributed by atoms with Crippen molar-refractivity contribution in [3.8, 4) is 0 Å². The van der Waals surface area contributed by atoms with Gasteiger partial charge in [-0.2, -0.15) is 0 Å². The number of nitrogens with two attached hydrogens (primary N) is 1. The summed E-state index contributed by atoms with van der Waals surface area (Å²) in [5, 5.41) is 8.53. The van der Waals surface area contributed by atoms with Crippen molar-refractivity contribution in [1.29, 1.82) is 0 Å². The van der Waals surface area contributed by atoms with E-state index in [9.17, 15) is 4.79 Å². The molecule has 0 aliphatic rings. The lowest BCUT2D eigenvalue weighted by molar-refractivity contribution is -0.143. The first-order chi connectivity index (χ1) is 5.07. The Morgan fingerprint density at radius 1 is 1.64 bits per heavy atom. The Bertz CT molecular complexity index is 125. The van der Waals surface area contributed by atoms with Crippen LogP contribution in [0.1, 0.15) is 13.8 Å². The highest BCUT2D eigenvalue weighted by molar-refractivity contribution is 5.70. The van der Waals surface area contributed by atoms with Crippen LogP contribution >= 0.6 is 0 Å². The van der Waals surface area contributed by atoms with Crippen molar-refractivity contribution in [2.24, 2.45) is 11.7 Å². The minimum atomic E-state index is -0.895. The van der Waals surface area contributed by atoms with Gasteiger partial charge in [-0.15, -0.1) is 0 Å². The van der Waals surface area contributed by atoms with Gasteiger partial charge in [-0.05, 0) is 13.8 Å². The van der Waals surface area contributed by atoms with Crippen molar-refractivity contribution in [3.63, 3.8) is 0 Å². The lowest BCUT2D eigenvalue weighted by Gasteiger charge is -2.12. The smallest absolute Gasteiger partial charge is 0.310 e. The summed E-state index contributed by atoms with van der Waals surface area (Å²) >= 11 is 0. The first kappa shape index (κ1) is 10.4. The molecule has 0 aromatic heterocycles. The number of rotatable bonds is 5. The van der Waals surface area contributed by atoms with E-state index < -0.39 is 11.9 Å². The van der Waals surface area contributed by atoms with Crippen molar-refractivity contribution in [2.75, 3.05) is 13.2 Å². The summed E-state index contributed by atoms with van der Waals surface area (Å²) in [5.41, 5.74) is 5.20. The summed E-state index contributed by atoms with van der Waals surface area (Å²) in [6.45, 7) is 4.04. The maximum atomic E-state index is 10.4. The van der Waals surface area contributed by atoms with E-state index in [1.165, 1.54) is 0 Å². The van der Waals surface area contributed by atoms with Crippen LogP contribution in [0.5, 0.6) is 0 Å². The molecule has 4 nitrogen and oxygen atoms in total. The van der Waals surface area contributed by atoms with Crippen LogP contribution in [0.4, 0.5) is 0 Å². The monoisotopic (exact) mass is 161 g/mol. The third-order valence-corrected chi connectivity index (χ3v) is 1.26. The van der Waals surface area contributed by atoms with Crippen molar-refractivity contribution < 1.29 is 14.6 Å². The maximum Gasteiger partial charge on any atom is 0.310 e. The fraction of sp³-hybridized carbons (Fsp3) is 0.857. The highest BCUT2D eigenvalue weighted by Crippen LogP contribution is 1.97. The Morgan fingerprint density at radius 2 is 2.18 bits per heavy atom. The standard InChI is InChI=1S/C7H15NO3/c1-5(2)11-4-6(3-8)7(9)10/h5-6H,3-4,8H2,1-2H3,(H,9,10). The maximum absolute atomic E-state index is 10.4. The average Bonchev–Trinajstić information content (AvgIpc) is 1.87. The van der Waals surface area contributed by atoms with E-state index in [1.54, 1.807) is 0 Å². The van der Waals surface area contributed by atoms with Gasteiger partial charge in [-0.25, -0.2) is 0 Å². The third-order valence-electron chi connectivity index (χ3n) is 1.26. The van der Waals surface area contributed by atoms with Gasteiger partial charge in [0.2, 0.25) is 0 Å². The second kappa shape index (κ2) is 5.09. The van der Waals surface area contributed by atoms with Gasteiger partial charge < -0.3 is 15.6 Å². The Labute approximate surface area is 66.3 Å². The average molecular weight is 161 g/mol. The second-order valence-electron chi connectivity index (χ2n) is 2.65. The lowest BCUT2D eigenvalue weighted by Crippen LogP contribution is -2.28. The SMILES string of the molecule is CC(C)OCC(CN)C(=O)O. The van der Waals surface area contributed by atoms with Crippen LogP contribution in [0, 0.1) is 5.92 Å². The first-order valence-electron chi connectivity index (χ1n) is 3.62. The highest BCUT2D eigenvalue weighted by atomic mass is 16.5. The molecule has 0 radical (unpaired) electrons. The molecule has 0 aromatic carbocycles. The molecular formula is C7H15NO3. The van der Waals surface area contributed by atoms with E-state index >= 15 is 0 Å². The van der Waals surface area contributed by atoms with E-state index in [0.717, 1.165) is 0 Å². The number of aliphatic carboxylic acids is 1. The van der Waals surface area contributed by atoms with Crippen LogP contribution in [0.15, 0.2) is 0 Å². The largest absolute Gasteiger partial charge is 0.481 e. The number of carboxylic acids is 1. The molecule has 66 valence electrons. The molecule has 0 heterocycles. The van der Waals surface area contributed by atoms with Gasteiger partial charge in [0.1, 0.15) is 0 Å². The van der Waals surface area contributed by atoms with Crippen LogP contribution in [0.3, 0.4) is 0 Å². The zero-order valence-electron chi connectivity index (χ0n) is 6.91. The Balaban J connectivity index is 3.61. The Hall–Kier alpha value is -0.610. The Morgan fingerprint density at radius 3 is 2.45 bits per heavy atom. The summed E-state index contributed by atoms with van der Waals surface area (Å²) in [5.74, 6) is -1.47. The zero-order chi connectivity index (χ0) is 8.85. The summed E-state index contributed by atoms with van der Waals surface area (Å²) in [6, 6.07) is 0. The molecule has 1 atom stereocenters. The van der Waals surface area contributed by atoms with E-state index in [4.69, 9.17) is 15.6 Å². The van der Waals surface area contributed by atoms with Gasteiger partial charge in [-0.3, -0.25) is 4.79 Å². The van der Waals surface area contributed by atoms with Crippen molar-refractivity contribution >= 4 is 5.97 Å². The molecular weight excluding hydrogens is 146 g/mol. The lowest BCUT2D eigenvalue weighted by atomic mass is 10.2. The Kier molecular flexibility index (Phi) is 4.81. The van der Waals surface area contributed by atoms with Crippen LogP contribution in [-0.4, -0.2) is 30.3 Å². The molecule has 11 heavy (non-hydrogen) atoms. The van der Waals surface area contributed by atoms with Crippen LogP contribution in [0.2, 0.25) is 0 Å². The zero-order valence-corrected chi connectivity index (χ0v) is 6.91. The fourth-order valence-electron chi connectivity index (χ4n) is 0.549. The van der Waals surface area contributed by atoms with E-state index in [1.807, 2.05) is 13.8 Å². The second-order valence-corrected chi connectivity index (χ2v) is 2.65. The molecule has 0 aromatic rings. The minimum absolute atomic E-state index is 0.0587. The van der Waals surface area contributed by atoms with Crippen molar-refractivity contribution in [3.05, 3.63) is 0 Å².